The number of anilines is 2. The molecule has 0 spiro atoms. The SMILES string of the molecule is CCOc1ccc(-c2c(C)sc(NC(=O)Nc3ccccc3Br)c2C(=O)OC)cc1. The van der Waals surface area contributed by atoms with Gasteiger partial charge in [-0.15, -0.1) is 11.3 Å². The molecule has 2 aromatic carbocycles. The summed E-state index contributed by atoms with van der Waals surface area (Å²) in [5.74, 6) is 0.236. The van der Waals surface area contributed by atoms with Gasteiger partial charge in [0, 0.05) is 14.9 Å². The van der Waals surface area contributed by atoms with Crippen LogP contribution in [-0.2, 0) is 4.74 Å². The molecule has 0 bridgehead atoms. The first kappa shape index (κ1) is 21.9. The Hall–Kier alpha value is -2.84. The first-order chi connectivity index (χ1) is 14.4. The van der Waals surface area contributed by atoms with Gasteiger partial charge in [0.1, 0.15) is 16.3 Å². The minimum absolute atomic E-state index is 0.325. The van der Waals surface area contributed by atoms with Crippen molar-refractivity contribution in [3.63, 3.8) is 0 Å². The number of nitrogens with one attached hydrogen (secondary N) is 2. The predicted molar refractivity (Wildman–Crippen MR) is 124 cm³/mol. The lowest BCUT2D eigenvalue weighted by Gasteiger charge is -2.10. The van der Waals surface area contributed by atoms with Crippen molar-refractivity contribution < 1.29 is 19.1 Å². The van der Waals surface area contributed by atoms with E-state index in [-0.39, 0.29) is 0 Å². The topological polar surface area (TPSA) is 76.7 Å². The zero-order valence-corrected chi connectivity index (χ0v) is 19.1. The molecule has 6 nitrogen and oxygen atoms in total. The number of rotatable bonds is 6. The number of benzene rings is 2. The molecule has 1 heterocycles. The third-order valence-electron chi connectivity index (χ3n) is 4.28. The normalized spacial score (nSPS) is 10.4. The molecule has 0 unspecified atom stereocenters. The molecule has 0 atom stereocenters. The zero-order chi connectivity index (χ0) is 21.7. The number of carbonyl (C=O) groups is 2. The van der Waals surface area contributed by atoms with Gasteiger partial charge < -0.3 is 14.8 Å². The highest BCUT2D eigenvalue weighted by Crippen LogP contribution is 2.41. The average Bonchev–Trinajstić information content (AvgIpc) is 3.05. The van der Waals surface area contributed by atoms with Crippen LogP contribution in [0.25, 0.3) is 11.1 Å². The highest BCUT2D eigenvalue weighted by atomic mass is 79.9. The number of urea groups is 1. The lowest BCUT2D eigenvalue weighted by Crippen LogP contribution is -2.20. The van der Waals surface area contributed by atoms with Crippen molar-refractivity contribution in [2.75, 3.05) is 24.4 Å². The van der Waals surface area contributed by atoms with Crippen molar-refractivity contribution >= 4 is 50.0 Å². The molecule has 8 heteroatoms. The van der Waals surface area contributed by atoms with Crippen LogP contribution in [-0.4, -0.2) is 25.7 Å². The van der Waals surface area contributed by atoms with E-state index in [4.69, 9.17) is 9.47 Å². The molecule has 0 aliphatic heterocycles. The number of hydrogen-bond donors (Lipinski definition) is 2. The van der Waals surface area contributed by atoms with Crippen molar-refractivity contribution in [1.82, 2.24) is 0 Å². The molecular formula is C22H21BrN2O4S. The first-order valence-corrected chi connectivity index (χ1v) is 10.8. The van der Waals surface area contributed by atoms with Gasteiger partial charge in [-0.05, 0) is 59.6 Å². The van der Waals surface area contributed by atoms with Crippen LogP contribution in [0.3, 0.4) is 0 Å². The molecule has 30 heavy (non-hydrogen) atoms. The summed E-state index contributed by atoms with van der Waals surface area (Å²) in [6, 6.07) is 14.3. The highest BCUT2D eigenvalue weighted by Gasteiger charge is 2.25. The van der Waals surface area contributed by atoms with E-state index in [9.17, 15) is 9.59 Å². The summed E-state index contributed by atoms with van der Waals surface area (Å²) < 4.78 is 11.2. The Morgan fingerprint density at radius 1 is 1.07 bits per heavy atom. The summed E-state index contributed by atoms with van der Waals surface area (Å²) in [5.41, 5.74) is 2.51. The lowest BCUT2D eigenvalue weighted by atomic mass is 10.0. The number of hydrogen-bond acceptors (Lipinski definition) is 5. The number of amides is 2. The standard InChI is InChI=1S/C22H21BrN2O4S/c1-4-29-15-11-9-14(10-12-15)18-13(2)30-20(19(18)21(26)28-3)25-22(27)24-17-8-6-5-7-16(17)23/h5-12H,4H2,1-3H3,(H2,24,25,27). The smallest absolute Gasteiger partial charge is 0.341 e. The summed E-state index contributed by atoms with van der Waals surface area (Å²) >= 11 is 4.72. The van der Waals surface area contributed by atoms with Gasteiger partial charge in [0.05, 0.1) is 19.4 Å². The second-order valence-corrected chi connectivity index (χ2v) is 8.32. The molecule has 3 aromatic rings. The number of ether oxygens (including phenoxy) is 2. The van der Waals surface area contributed by atoms with Gasteiger partial charge in [-0.2, -0.15) is 0 Å². The fraction of sp³-hybridized carbons (Fsp3) is 0.182. The molecule has 3 rings (SSSR count). The Bertz CT molecular complexity index is 1060. The third kappa shape index (κ3) is 4.83. The summed E-state index contributed by atoms with van der Waals surface area (Å²) in [6.45, 7) is 4.40. The quantitative estimate of drug-likeness (QED) is 0.398. The van der Waals surface area contributed by atoms with Crippen LogP contribution in [0, 0.1) is 6.92 Å². The Morgan fingerprint density at radius 2 is 1.77 bits per heavy atom. The Morgan fingerprint density at radius 3 is 2.40 bits per heavy atom. The van der Waals surface area contributed by atoms with Crippen molar-refractivity contribution in [3.8, 4) is 16.9 Å². The zero-order valence-electron chi connectivity index (χ0n) is 16.7. The van der Waals surface area contributed by atoms with Crippen molar-refractivity contribution in [2.45, 2.75) is 13.8 Å². The maximum absolute atomic E-state index is 12.6. The number of carbonyl (C=O) groups excluding carboxylic acids is 2. The predicted octanol–water partition coefficient (Wildman–Crippen LogP) is 6.32. The van der Waals surface area contributed by atoms with Crippen molar-refractivity contribution in [1.29, 1.82) is 0 Å². The van der Waals surface area contributed by atoms with Crippen LogP contribution in [0.5, 0.6) is 5.75 Å². The summed E-state index contributed by atoms with van der Waals surface area (Å²) in [5, 5.41) is 5.98. The molecular weight excluding hydrogens is 468 g/mol. The molecule has 156 valence electrons. The van der Waals surface area contributed by atoms with Crippen molar-refractivity contribution in [2.24, 2.45) is 0 Å². The van der Waals surface area contributed by atoms with E-state index in [0.29, 0.717) is 22.9 Å². The summed E-state index contributed by atoms with van der Waals surface area (Å²) in [6.07, 6.45) is 0. The fourth-order valence-corrected chi connectivity index (χ4v) is 4.42. The largest absolute Gasteiger partial charge is 0.494 e. The van der Waals surface area contributed by atoms with Crippen LogP contribution in [0.15, 0.2) is 53.0 Å². The van der Waals surface area contributed by atoms with Gasteiger partial charge in [-0.25, -0.2) is 9.59 Å². The molecule has 1 aromatic heterocycles. The Kier molecular flexibility index (Phi) is 7.12. The highest BCUT2D eigenvalue weighted by molar-refractivity contribution is 9.10. The van der Waals surface area contributed by atoms with E-state index in [1.165, 1.54) is 18.4 Å². The maximum Gasteiger partial charge on any atom is 0.341 e. The van der Waals surface area contributed by atoms with Gasteiger partial charge in [-0.1, -0.05) is 24.3 Å². The van der Waals surface area contributed by atoms with Gasteiger partial charge in [0.25, 0.3) is 0 Å². The number of aryl methyl sites for hydroxylation is 1. The molecule has 2 N–H and O–H groups in total. The second-order valence-electron chi connectivity index (χ2n) is 6.25. The van der Waals surface area contributed by atoms with E-state index in [2.05, 4.69) is 26.6 Å². The molecule has 2 amide bonds. The van der Waals surface area contributed by atoms with Crippen LogP contribution >= 0.6 is 27.3 Å². The minimum atomic E-state index is -0.514. The van der Waals surface area contributed by atoms with Crippen LogP contribution < -0.4 is 15.4 Å². The Balaban J connectivity index is 1.93. The third-order valence-corrected chi connectivity index (χ3v) is 5.99. The van der Waals surface area contributed by atoms with E-state index >= 15 is 0 Å². The number of esters is 1. The van der Waals surface area contributed by atoms with Gasteiger partial charge in [-0.3, -0.25) is 5.32 Å². The first-order valence-electron chi connectivity index (χ1n) is 9.22. The van der Waals surface area contributed by atoms with Crippen LogP contribution in [0.4, 0.5) is 15.5 Å². The molecule has 0 aliphatic rings. The van der Waals surface area contributed by atoms with E-state index < -0.39 is 12.0 Å². The van der Waals surface area contributed by atoms with Gasteiger partial charge in [0.2, 0.25) is 0 Å². The molecule has 0 saturated carbocycles. The summed E-state index contributed by atoms with van der Waals surface area (Å²) in [7, 11) is 1.32. The van der Waals surface area contributed by atoms with Gasteiger partial charge >= 0.3 is 12.0 Å². The fourth-order valence-electron chi connectivity index (χ4n) is 2.98. The van der Waals surface area contributed by atoms with E-state index in [1.807, 2.05) is 56.3 Å². The molecule has 0 radical (unpaired) electrons. The molecule has 0 fully saturated rings. The monoisotopic (exact) mass is 488 g/mol. The number of para-hydroxylation sites is 1. The molecule has 0 aliphatic carbocycles. The Labute approximate surface area is 187 Å². The van der Waals surface area contributed by atoms with Crippen LogP contribution in [0.1, 0.15) is 22.2 Å². The average molecular weight is 489 g/mol. The number of methoxy groups -OCH3 is 1. The van der Waals surface area contributed by atoms with Crippen LogP contribution in [0.2, 0.25) is 0 Å². The summed E-state index contributed by atoms with van der Waals surface area (Å²) in [4.78, 5) is 26.0. The molecule has 0 saturated heterocycles. The number of halogens is 1. The van der Waals surface area contributed by atoms with Crippen molar-refractivity contribution in [3.05, 3.63) is 63.4 Å². The lowest BCUT2D eigenvalue weighted by molar-refractivity contribution is 0.0603. The van der Waals surface area contributed by atoms with Gasteiger partial charge in [0.15, 0.2) is 0 Å². The minimum Gasteiger partial charge on any atom is -0.494 e. The van der Waals surface area contributed by atoms with E-state index in [0.717, 1.165) is 26.2 Å². The van der Waals surface area contributed by atoms with E-state index in [1.54, 1.807) is 6.07 Å². The second kappa shape index (κ2) is 9.77. The number of thiophene rings is 1. The maximum atomic E-state index is 12.6.